The Morgan fingerprint density at radius 3 is 2.24 bits per heavy atom. The van der Waals surface area contributed by atoms with E-state index in [2.05, 4.69) is 4.74 Å². The summed E-state index contributed by atoms with van der Waals surface area (Å²) in [7, 11) is 1.43. The lowest BCUT2D eigenvalue weighted by Crippen LogP contribution is -2.00. The van der Waals surface area contributed by atoms with E-state index in [0.29, 0.717) is 11.8 Å². The minimum absolute atomic E-state index is 0.110. The molecule has 0 aliphatic heterocycles. The summed E-state index contributed by atoms with van der Waals surface area (Å²) in [6.45, 7) is 0. The van der Waals surface area contributed by atoms with Gasteiger partial charge in [-0.2, -0.15) is 0 Å². The van der Waals surface area contributed by atoms with E-state index in [1.54, 1.807) is 0 Å². The predicted molar refractivity (Wildman–Crippen MR) is 73.9 cm³/mol. The number of esters is 1. The summed E-state index contributed by atoms with van der Waals surface area (Å²) >= 11 is 11.8. The molecule has 102 valence electrons. The van der Waals surface area contributed by atoms with E-state index in [1.165, 1.54) is 7.11 Å². The standard InChI is InChI=1S/C13H24Cl2O2/c1-17-13(16)10-5-3-2-4-8-12(15)9-6-7-11-14/h12H,2-11H2,1H3. The highest BCUT2D eigenvalue weighted by molar-refractivity contribution is 6.20. The van der Waals surface area contributed by atoms with E-state index in [1.807, 2.05) is 0 Å². The van der Waals surface area contributed by atoms with Gasteiger partial charge in [-0.1, -0.05) is 25.7 Å². The highest BCUT2D eigenvalue weighted by atomic mass is 35.5. The highest BCUT2D eigenvalue weighted by Crippen LogP contribution is 2.16. The van der Waals surface area contributed by atoms with E-state index < -0.39 is 0 Å². The molecule has 17 heavy (non-hydrogen) atoms. The third-order valence-electron chi connectivity index (χ3n) is 2.78. The summed E-state index contributed by atoms with van der Waals surface area (Å²) in [6, 6.07) is 0. The largest absolute Gasteiger partial charge is 0.469 e. The van der Waals surface area contributed by atoms with Crippen LogP contribution in [0, 0.1) is 0 Å². The number of unbranched alkanes of at least 4 members (excludes halogenated alkanes) is 4. The SMILES string of the molecule is COC(=O)CCCCCCC(Cl)CCCCCl. The minimum atomic E-state index is -0.110. The smallest absolute Gasteiger partial charge is 0.305 e. The number of hydrogen-bond donors (Lipinski definition) is 0. The van der Waals surface area contributed by atoms with Crippen molar-refractivity contribution in [2.24, 2.45) is 0 Å². The van der Waals surface area contributed by atoms with Crippen LogP contribution in [0.2, 0.25) is 0 Å². The van der Waals surface area contributed by atoms with Crippen molar-refractivity contribution in [3.8, 4) is 0 Å². The lowest BCUT2D eigenvalue weighted by molar-refractivity contribution is -0.140. The van der Waals surface area contributed by atoms with E-state index >= 15 is 0 Å². The molecule has 0 aromatic carbocycles. The van der Waals surface area contributed by atoms with Crippen LogP contribution in [0.25, 0.3) is 0 Å². The molecule has 0 rings (SSSR count). The molecule has 0 radical (unpaired) electrons. The van der Waals surface area contributed by atoms with Gasteiger partial charge in [-0.15, -0.1) is 23.2 Å². The summed E-state index contributed by atoms with van der Waals surface area (Å²) in [4.78, 5) is 10.8. The minimum Gasteiger partial charge on any atom is -0.469 e. The molecule has 0 heterocycles. The second kappa shape index (κ2) is 12.5. The van der Waals surface area contributed by atoms with Crippen molar-refractivity contribution < 1.29 is 9.53 Å². The average molecular weight is 283 g/mol. The molecule has 0 amide bonds. The molecule has 0 aliphatic rings. The van der Waals surface area contributed by atoms with Gasteiger partial charge in [0.05, 0.1) is 7.11 Å². The van der Waals surface area contributed by atoms with Crippen LogP contribution in [0.5, 0.6) is 0 Å². The number of carbonyl (C=O) groups excluding carboxylic acids is 1. The first-order chi connectivity index (χ1) is 8.20. The Hall–Kier alpha value is 0.0500. The summed E-state index contributed by atoms with van der Waals surface area (Å²) in [5.74, 6) is 0.623. The zero-order chi connectivity index (χ0) is 12.9. The van der Waals surface area contributed by atoms with Crippen molar-refractivity contribution in [1.82, 2.24) is 0 Å². The Labute approximate surface area is 115 Å². The van der Waals surface area contributed by atoms with Gasteiger partial charge in [-0.25, -0.2) is 0 Å². The van der Waals surface area contributed by atoms with Gasteiger partial charge in [0.1, 0.15) is 0 Å². The molecule has 0 saturated heterocycles. The van der Waals surface area contributed by atoms with Gasteiger partial charge in [0.2, 0.25) is 0 Å². The number of rotatable bonds is 11. The van der Waals surface area contributed by atoms with Gasteiger partial charge in [-0.3, -0.25) is 4.79 Å². The molecule has 0 aliphatic carbocycles. The first-order valence-corrected chi connectivity index (χ1v) is 7.44. The number of methoxy groups -OCH3 is 1. The fraction of sp³-hybridized carbons (Fsp3) is 0.923. The average Bonchev–Trinajstić information content (AvgIpc) is 2.33. The zero-order valence-corrected chi connectivity index (χ0v) is 12.2. The van der Waals surface area contributed by atoms with E-state index in [0.717, 1.165) is 57.2 Å². The molecule has 1 atom stereocenters. The molecule has 0 N–H and O–H groups in total. The van der Waals surface area contributed by atoms with E-state index in [-0.39, 0.29) is 5.97 Å². The van der Waals surface area contributed by atoms with Crippen LogP contribution in [-0.2, 0) is 9.53 Å². The Kier molecular flexibility index (Phi) is 12.5. The summed E-state index contributed by atoms with van der Waals surface area (Å²) in [5.41, 5.74) is 0. The molecule has 0 fully saturated rings. The topological polar surface area (TPSA) is 26.3 Å². The molecule has 0 aromatic rings. The maximum absolute atomic E-state index is 10.8. The van der Waals surface area contributed by atoms with Crippen LogP contribution in [0.1, 0.15) is 57.8 Å². The third-order valence-corrected chi connectivity index (χ3v) is 3.48. The molecule has 4 heteroatoms. The van der Waals surface area contributed by atoms with Gasteiger partial charge >= 0.3 is 5.97 Å². The van der Waals surface area contributed by atoms with Gasteiger partial charge in [-0.05, 0) is 25.7 Å². The quantitative estimate of drug-likeness (QED) is 0.316. The normalized spacial score (nSPS) is 12.4. The summed E-state index contributed by atoms with van der Waals surface area (Å²) in [5, 5.41) is 0.291. The highest BCUT2D eigenvalue weighted by Gasteiger charge is 2.04. The van der Waals surface area contributed by atoms with Crippen LogP contribution < -0.4 is 0 Å². The Morgan fingerprint density at radius 2 is 1.65 bits per heavy atom. The number of halogens is 2. The number of ether oxygens (including phenoxy) is 1. The molecule has 0 bridgehead atoms. The second-order valence-corrected chi connectivity index (χ2v) is 5.31. The molecular weight excluding hydrogens is 259 g/mol. The summed E-state index contributed by atoms with van der Waals surface area (Å²) < 4.78 is 4.58. The molecule has 2 nitrogen and oxygen atoms in total. The number of alkyl halides is 2. The second-order valence-electron chi connectivity index (χ2n) is 4.31. The van der Waals surface area contributed by atoms with Crippen LogP contribution in [-0.4, -0.2) is 24.3 Å². The van der Waals surface area contributed by atoms with Crippen molar-refractivity contribution in [1.29, 1.82) is 0 Å². The van der Waals surface area contributed by atoms with Crippen molar-refractivity contribution in [3.05, 3.63) is 0 Å². The maximum atomic E-state index is 10.8. The molecule has 0 saturated carbocycles. The van der Waals surface area contributed by atoms with Crippen LogP contribution >= 0.6 is 23.2 Å². The van der Waals surface area contributed by atoms with Gasteiger partial charge in [0, 0.05) is 17.7 Å². The van der Waals surface area contributed by atoms with Crippen LogP contribution in [0.3, 0.4) is 0 Å². The summed E-state index contributed by atoms with van der Waals surface area (Å²) in [6.07, 6.45) is 9.16. The monoisotopic (exact) mass is 282 g/mol. The van der Waals surface area contributed by atoms with E-state index in [4.69, 9.17) is 23.2 Å². The Bertz CT molecular complexity index is 186. The van der Waals surface area contributed by atoms with Crippen LogP contribution in [0.15, 0.2) is 0 Å². The molecule has 1 unspecified atom stereocenters. The lowest BCUT2D eigenvalue weighted by Gasteiger charge is -2.08. The van der Waals surface area contributed by atoms with Gasteiger partial charge in [0.15, 0.2) is 0 Å². The fourth-order valence-corrected chi connectivity index (χ4v) is 2.19. The molecular formula is C13H24Cl2O2. The predicted octanol–water partition coefficient (Wildman–Crippen LogP) is 4.52. The molecule has 0 aromatic heterocycles. The van der Waals surface area contributed by atoms with E-state index in [9.17, 15) is 4.79 Å². The number of hydrogen-bond acceptors (Lipinski definition) is 2. The van der Waals surface area contributed by atoms with Gasteiger partial charge < -0.3 is 4.74 Å². The first kappa shape index (κ1) is 17.1. The lowest BCUT2D eigenvalue weighted by atomic mass is 10.1. The third kappa shape index (κ3) is 12.3. The Morgan fingerprint density at radius 1 is 1.06 bits per heavy atom. The number of carbonyl (C=O) groups is 1. The van der Waals surface area contributed by atoms with Crippen LogP contribution in [0.4, 0.5) is 0 Å². The molecule has 0 spiro atoms. The van der Waals surface area contributed by atoms with Gasteiger partial charge in [0.25, 0.3) is 0 Å². The first-order valence-electron chi connectivity index (χ1n) is 6.47. The fourth-order valence-electron chi connectivity index (χ4n) is 1.70. The van der Waals surface area contributed by atoms with Crippen molar-refractivity contribution in [2.45, 2.75) is 63.2 Å². The Balaban J connectivity index is 3.18. The zero-order valence-electron chi connectivity index (χ0n) is 10.7. The van der Waals surface area contributed by atoms with Crippen molar-refractivity contribution >= 4 is 29.2 Å². The maximum Gasteiger partial charge on any atom is 0.305 e. The van der Waals surface area contributed by atoms with Crippen molar-refractivity contribution in [3.63, 3.8) is 0 Å². The van der Waals surface area contributed by atoms with Crippen molar-refractivity contribution in [2.75, 3.05) is 13.0 Å².